The summed E-state index contributed by atoms with van der Waals surface area (Å²) in [5, 5.41) is 15.1. The fourth-order valence-electron chi connectivity index (χ4n) is 0.543. The first-order valence-corrected chi connectivity index (χ1v) is 3.17. The van der Waals surface area contributed by atoms with E-state index in [0.29, 0.717) is 0 Å². The highest BCUT2D eigenvalue weighted by Gasteiger charge is 2.75. The zero-order valence-electron chi connectivity index (χ0n) is 6.57. The SMILES string of the molecule is OC(O)(F)C(F)(F)C(F)(F)C(F)C(F)F. The standard InChI is InChI=1S/C5H4F8O2/c6-1(2(7)8)3(9,10)4(11,12)5(13,14)15/h1-2,14-15H. The fourth-order valence-corrected chi connectivity index (χ4v) is 0.543. The molecule has 2 N–H and O–H groups in total. The highest BCUT2D eigenvalue weighted by molar-refractivity contribution is 4.96. The molecule has 0 bridgehead atoms. The van der Waals surface area contributed by atoms with Crippen molar-refractivity contribution >= 4 is 0 Å². The van der Waals surface area contributed by atoms with Crippen LogP contribution in [0.4, 0.5) is 35.1 Å². The molecule has 0 spiro atoms. The molecule has 0 heterocycles. The lowest BCUT2D eigenvalue weighted by Crippen LogP contribution is -2.61. The van der Waals surface area contributed by atoms with E-state index in [2.05, 4.69) is 0 Å². The Morgan fingerprint density at radius 2 is 1.13 bits per heavy atom. The minimum absolute atomic E-state index is 4.53. The smallest absolute Gasteiger partial charge is 0.335 e. The first kappa shape index (κ1) is 14.4. The molecule has 2 nitrogen and oxygen atoms in total. The molecule has 15 heavy (non-hydrogen) atoms. The maximum absolute atomic E-state index is 12.2. The van der Waals surface area contributed by atoms with E-state index in [1.54, 1.807) is 0 Å². The predicted octanol–water partition coefficient (Wildman–Crippen LogP) is 1.47. The quantitative estimate of drug-likeness (QED) is 0.584. The second-order valence-electron chi connectivity index (χ2n) is 2.52. The third-order valence-corrected chi connectivity index (χ3v) is 1.39. The Labute approximate surface area is 77.1 Å². The van der Waals surface area contributed by atoms with Gasteiger partial charge in [0.15, 0.2) is 0 Å². The molecule has 0 aliphatic carbocycles. The van der Waals surface area contributed by atoms with E-state index in [-0.39, 0.29) is 0 Å². The number of hydrogen-bond donors (Lipinski definition) is 2. The Kier molecular flexibility index (Phi) is 3.58. The van der Waals surface area contributed by atoms with E-state index in [4.69, 9.17) is 10.2 Å². The number of rotatable bonds is 4. The zero-order valence-corrected chi connectivity index (χ0v) is 6.57. The Balaban J connectivity index is 5.19. The average Bonchev–Trinajstić information content (AvgIpc) is 2.00. The third kappa shape index (κ3) is 2.30. The highest BCUT2D eigenvalue weighted by atomic mass is 19.3. The molecule has 0 aromatic rings. The van der Waals surface area contributed by atoms with Crippen molar-refractivity contribution in [2.75, 3.05) is 0 Å². The van der Waals surface area contributed by atoms with Crippen molar-refractivity contribution in [3.8, 4) is 0 Å². The molecule has 0 aliphatic rings. The monoisotopic (exact) mass is 248 g/mol. The second kappa shape index (κ2) is 3.74. The van der Waals surface area contributed by atoms with Crippen LogP contribution in [0.5, 0.6) is 0 Å². The minimum Gasteiger partial charge on any atom is -0.335 e. The summed E-state index contributed by atoms with van der Waals surface area (Å²) in [5.41, 5.74) is 0. The second-order valence-corrected chi connectivity index (χ2v) is 2.52. The summed E-state index contributed by atoms with van der Waals surface area (Å²) in [7, 11) is 0. The van der Waals surface area contributed by atoms with Crippen LogP contribution in [0.25, 0.3) is 0 Å². The molecule has 1 atom stereocenters. The molecular formula is C5H4F8O2. The van der Waals surface area contributed by atoms with Crippen molar-refractivity contribution in [2.45, 2.75) is 30.5 Å². The first-order valence-electron chi connectivity index (χ1n) is 3.17. The number of hydrogen-bond acceptors (Lipinski definition) is 2. The van der Waals surface area contributed by atoms with Crippen LogP contribution in [-0.4, -0.2) is 40.7 Å². The van der Waals surface area contributed by atoms with Gasteiger partial charge in [-0.3, -0.25) is 0 Å². The molecule has 0 amide bonds. The largest absolute Gasteiger partial charge is 0.396 e. The first-order chi connectivity index (χ1) is 6.35. The Hall–Kier alpha value is -0.640. The molecule has 92 valence electrons. The third-order valence-electron chi connectivity index (χ3n) is 1.39. The highest BCUT2D eigenvalue weighted by Crippen LogP contribution is 2.46. The maximum Gasteiger partial charge on any atom is 0.396 e. The molecule has 0 aliphatic heterocycles. The van der Waals surface area contributed by atoms with Gasteiger partial charge in [-0.1, -0.05) is 0 Å². The summed E-state index contributed by atoms with van der Waals surface area (Å²) in [5.74, 6) is -12.7. The van der Waals surface area contributed by atoms with Crippen molar-refractivity contribution in [2.24, 2.45) is 0 Å². The summed E-state index contributed by atoms with van der Waals surface area (Å²) >= 11 is 0. The topological polar surface area (TPSA) is 40.5 Å². The Morgan fingerprint density at radius 1 is 0.800 bits per heavy atom. The number of alkyl halides is 8. The van der Waals surface area contributed by atoms with Crippen LogP contribution in [0.2, 0.25) is 0 Å². The van der Waals surface area contributed by atoms with Crippen LogP contribution in [0.3, 0.4) is 0 Å². The normalized spacial score (nSPS) is 17.0. The molecule has 0 aromatic heterocycles. The van der Waals surface area contributed by atoms with Crippen molar-refractivity contribution in [1.29, 1.82) is 0 Å². The molecule has 0 radical (unpaired) electrons. The van der Waals surface area contributed by atoms with E-state index in [9.17, 15) is 35.1 Å². The van der Waals surface area contributed by atoms with Gasteiger partial charge in [0.2, 0.25) is 6.17 Å². The summed E-state index contributed by atoms with van der Waals surface area (Å²) in [6.45, 7) is 0. The van der Waals surface area contributed by atoms with Crippen molar-refractivity contribution < 1.29 is 45.3 Å². The molecule has 0 fully saturated rings. The average molecular weight is 248 g/mol. The summed E-state index contributed by atoms with van der Waals surface area (Å²) in [4.78, 5) is 0. The molecule has 10 heteroatoms. The van der Waals surface area contributed by atoms with E-state index in [1.807, 2.05) is 0 Å². The van der Waals surface area contributed by atoms with Gasteiger partial charge in [-0.05, 0) is 0 Å². The van der Waals surface area contributed by atoms with Crippen LogP contribution in [-0.2, 0) is 0 Å². The Morgan fingerprint density at radius 3 is 1.33 bits per heavy atom. The summed E-state index contributed by atoms with van der Waals surface area (Å²) in [6, 6.07) is -5.81. The fraction of sp³-hybridized carbons (Fsp3) is 1.00. The molecule has 0 saturated carbocycles. The number of aliphatic hydroxyl groups is 2. The van der Waals surface area contributed by atoms with Gasteiger partial charge in [0.05, 0.1) is 0 Å². The molecule has 0 saturated heterocycles. The van der Waals surface area contributed by atoms with Crippen LogP contribution >= 0.6 is 0 Å². The molecule has 1 unspecified atom stereocenters. The summed E-state index contributed by atoms with van der Waals surface area (Å²) in [6.07, 6.45) is -9.27. The van der Waals surface area contributed by atoms with Crippen LogP contribution in [0, 0.1) is 0 Å². The van der Waals surface area contributed by atoms with Crippen molar-refractivity contribution in [3.05, 3.63) is 0 Å². The Bertz CT molecular complexity index is 222. The van der Waals surface area contributed by atoms with Gasteiger partial charge in [0, 0.05) is 0 Å². The van der Waals surface area contributed by atoms with E-state index in [1.165, 1.54) is 0 Å². The predicted molar refractivity (Wildman–Crippen MR) is 29.1 cm³/mol. The van der Waals surface area contributed by atoms with Gasteiger partial charge in [0.1, 0.15) is 0 Å². The van der Waals surface area contributed by atoms with E-state index >= 15 is 0 Å². The van der Waals surface area contributed by atoms with Crippen LogP contribution < -0.4 is 0 Å². The van der Waals surface area contributed by atoms with Crippen molar-refractivity contribution in [3.63, 3.8) is 0 Å². The minimum atomic E-state index is -6.41. The van der Waals surface area contributed by atoms with Crippen molar-refractivity contribution in [1.82, 2.24) is 0 Å². The van der Waals surface area contributed by atoms with Gasteiger partial charge in [-0.15, -0.1) is 0 Å². The zero-order chi connectivity index (χ0) is 12.7. The lowest BCUT2D eigenvalue weighted by atomic mass is 10.1. The lowest BCUT2D eigenvalue weighted by molar-refractivity contribution is -0.424. The molecule has 0 rings (SSSR count). The van der Waals surface area contributed by atoms with Gasteiger partial charge in [0.25, 0.3) is 6.43 Å². The molecule has 0 aromatic carbocycles. The van der Waals surface area contributed by atoms with Gasteiger partial charge < -0.3 is 10.2 Å². The van der Waals surface area contributed by atoms with Gasteiger partial charge >= 0.3 is 17.9 Å². The van der Waals surface area contributed by atoms with E-state index in [0.717, 1.165) is 0 Å². The number of halogens is 8. The van der Waals surface area contributed by atoms with Crippen LogP contribution in [0.1, 0.15) is 0 Å². The lowest BCUT2D eigenvalue weighted by Gasteiger charge is -2.32. The van der Waals surface area contributed by atoms with Crippen LogP contribution in [0.15, 0.2) is 0 Å². The van der Waals surface area contributed by atoms with E-state index < -0.39 is 30.5 Å². The summed E-state index contributed by atoms with van der Waals surface area (Å²) < 4.78 is 95.0. The maximum atomic E-state index is 12.2. The van der Waals surface area contributed by atoms with Gasteiger partial charge in [-0.25, -0.2) is 13.2 Å². The molecular weight excluding hydrogens is 244 g/mol. The van der Waals surface area contributed by atoms with Gasteiger partial charge in [-0.2, -0.15) is 22.0 Å².